The normalized spacial score (nSPS) is 15.5. The molecule has 0 bridgehead atoms. The number of aliphatic carboxylic acids is 1. The molecule has 1 heterocycles. The van der Waals surface area contributed by atoms with E-state index in [1.807, 2.05) is 5.32 Å². The Balaban J connectivity index is 2.88. The molecule has 178 valence electrons. The monoisotopic (exact) mass is 457 g/mol. The number of carboxylic acids is 1. The number of imidazole rings is 1. The number of primary amides is 1. The molecule has 5 unspecified atom stereocenters. The van der Waals surface area contributed by atoms with Gasteiger partial charge in [-0.05, 0) is 6.92 Å². The van der Waals surface area contributed by atoms with Crippen molar-refractivity contribution in [1.82, 2.24) is 25.9 Å². The van der Waals surface area contributed by atoms with Crippen molar-refractivity contribution >= 4 is 29.6 Å². The highest BCUT2D eigenvalue weighted by Gasteiger charge is 2.33. The lowest BCUT2D eigenvalue weighted by molar-refractivity contribution is -0.143. The first-order valence-corrected chi connectivity index (χ1v) is 9.40. The van der Waals surface area contributed by atoms with Crippen molar-refractivity contribution in [2.24, 2.45) is 11.5 Å². The van der Waals surface area contributed by atoms with E-state index in [-0.39, 0.29) is 6.42 Å². The molecule has 0 saturated heterocycles. The minimum atomic E-state index is -1.69. The molecule has 5 atom stereocenters. The van der Waals surface area contributed by atoms with E-state index >= 15 is 0 Å². The van der Waals surface area contributed by atoms with E-state index in [1.165, 1.54) is 19.4 Å². The van der Waals surface area contributed by atoms with Crippen LogP contribution < -0.4 is 27.4 Å². The van der Waals surface area contributed by atoms with Crippen molar-refractivity contribution in [1.29, 1.82) is 0 Å². The van der Waals surface area contributed by atoms with Crippen LogP contribution in [0.4, 0.5) is 0 Å². The molecule has 0 fully saturated rings. The van der Waals surface area contributed by atoms with Crippen LogP contribution >= 0.6 is 0 Å². The van der Waals surface area contributed by atoms with Gasteiger partial charge in [-0.15, -0.1) is 0 Å². The minimum absolute atomic E-state index is 0.0599. The van der Waals surface area contributed by atoms with Gasteiger partial charge in [0, 0.05) is 18.3 Å². The molecule has 0 aromatic carbocycles. The summed E-state index contributed by atoms with van der Waals surface area (Å²) in [5, 5.41) is 34.2. The molecule has 32 heavy (non-hydrogen) atoms. The zero-order valence-electron chi connectivity index (χ0n) is 17.1. The summed E-state index contributed by atoms with van der Waals surface area (Å²) in [4.78, 5) is 66.1. The average Bonchev–Trinajstić information content (AvgIpc) is 3.21. The van der Waals surface area contributed by atoms with Crippen LogP contribution in [-0.4, -0.2) is 91.8 Å². The van der Waals surface area contributed by atoms with E-state index in [2.05, 4.69) is 20.6 Å². The van der Waals surface area contributed by atoms with Gasteiger partial charge in [0.1, 0.15) is 18.1 Å². The smallest absolute Gasteiger partial charge is 0.328 e. The van der Waals surface area contributed by atoms with Crippen molar-refractivity contribution in [2.45, 2.75) is 50.0 Å². The fourth-order valence-corrected chi connectivity index (χ4v) is 2.52. The van der Waals surface area contributed by atoms with Crippen LogP contribution in [-0.2, 0) is 30.4 Å². The molecule has 0 radical (unpaired) electrons. The number of carboxylic acid groups (broad SMARTS) is 1. The molecule has 0 aliphatic heterocycles. The topological polar surface area (TPSA) is 263 Å². The second kappa shape index (κ2) is 12.3. The Morgan fingerprint density at radius 2 is 1.72 bits per heavy atom. The highest BCUT2D eigenvalue weighted by atomic mass is 16.4. The van der Waals surface area contributed by atoms with Gasteiger partial charge in [0.15, 0.2) is 0 Å². The Hall–Kier alpha value is -3.56. The van der Waals surface area contributed by atoms with Crippen molar-refractivity contribution in [3.8, 4) is 0 Å². The number of amides is 4. The predicted octanol–water partition coefficient (Wildman–Crippen LogP) is -4.93. The molecule has 11 N–H and O–H groups in total. The SMILES string of the molecule is CC(O)C(NC(=O)C(N)Cc1cnc[nH]1)C(=O)NC(CC(N)=O)C(=O)NC(CO)C(=O)O. The van der Waals surface area contributed by atoms with Crippen LogP contribution in [0.15, 0.2) is 12.5 Å². The van der Waals surface area contributed by atoms with Gasteiger partial charge in [-0.25, -0.2) is 9.78 Å². The number of nitrogens with zero attached hydrogens (tertiary/aromatic N) is 1. The number of H-pyrrole nitrogens is 1. The van der Waals surface area contributed by atoms with Crippen LogP contribution in [0.5, 0.6) is 0 Å². The lowest BCUT2D eigenvalue weighted by atomic mass is 10.1. The number of carbonyl (C=O) groups is 5. The Labute approximate surface area is 181 Å². The quantitative estimate of drug-likeness (QED) is 0.136. The summed E-state index contributed by atoms with van der Waals surface area (Å²) in [6.45, 7) is 0.249. The van der Waals surface area contributed by atoms with Crippen LogP contribution in [0.25, 0.3) is 0 Å². The lowest BCUT2D eigenvalue weighted by Gasteiger charge is -2.25. The fraction of sp³-hybridized carbons (Fsp3) is 0.529. The summed E-state index contributed by atoms with van der Waals surface area (Å²) in [7, 11) is 0. The van der Waals surface area contributed by atoms with Crippen molar-refractivity contribution in [3.05, 3.63) is 18.2 Å². The number of nitrogens with two attached hydrogens (primary N) is 2. The van der Waals surface area contributed by atoms with E-state index in [4.69, 9.17) is 21.7 Å². The van der Waals surface area contributed by atoms with Gasteiger partial charge < -0.3 is 47.7 Å². The molecule has 15 heteroatoms. The van der Waals surface area contributed by atoms with Gasteiger partial charge in [0.25, 0.3) is 0 Å². The molecule has 0 saturated carbocycles. The lowest BCUT2D eigenvalue weighted by Crippen LogP contribution is -2.60. The number of hydrogen-bond donors (Lipinski definition) is 9. The standard InChI is InChI=1S/C17H27N7O8/c1-7(26)13(24-14(28)9(18)2-8-4-20-6-21-8)16(30)22-10(3-12(19)27)15(29)23-11(5-25)17(31)32/h4,6-7,9-11,13,25-26H,2-3,5,18H2,1H3,(H2,19,27)(H,20,21)(H,22,30)(H,23,29)(H,24,28)(H,31,32). The zero-order valence-corrected chi connectivity index (χ0v) is 17.1. The van der Waals surface area contributed by atoms with Crippen LogP contribution in [0.2, 0.25) is 0 Å². The average molecular weight is 457 g/mol. The van der Waals surface area contributed by atoms with Crippen LogP contribution in [0.1, 0.15) is 19.0 Å². The van der Waals surface area contributed by atoms with Gasteiger partial charge in [-0.3, -0.25) is 19.2 Å². The minimum Gasteiger partial charge on any atom is -0.480 e. The number of aliphatic hydroxyl groups excluding tert-OH is 2. The van der Waals surface area contributed by atoms with E-state index in [1.54, 1.807) is 0 Å². The van der Waals surface area contributed by atoms with Crippen molar-refractivity contribution in [3.63, 3.8) is 0 Å². The molecule has 1 rings (SSSR count). The molecular formula is C17H27N7O8. The van der Waals surface area contributed by atoms with Crippen molar-refractivity contribution in [2.75, 3.05) is 6.61 Å². The second-order valence-electron chi connectivity index (χ2n) is 6.93. The number of aliphatic hydroxyl groups is 2. The fourth-order valence-electron chi connectivity index (χ4n) is 2.52. The van der Waals surface area contributed by atoms with E-state index in [0.29, 0.717) is 5.69 Å². The first-order chi connectivity index (χ1) is 15.0. The van der Waals surface area contributed by atoms with Gasteiger partial charge >= 0.3 is 5.97 Å². The van der Waals surface area contributed by atoms with Crippen LogP contribution in [0, 0.1) is 0 Å². The third-order valence-corrected chi connectivity index (χ3v) is 4.23. The molecule has 1 aromatic rings. The third-order valence-electron chi connectivity index (χ3n) is 4.23. The number of rotatable bonds is 13. The Kier molecular flexibility index (Phi) is 10.2. The number of aromatic amines is 1. The summed E-state index contributed by atoms with van der Waals surface area (Å²) in [6.07, 6.45) is 0.761. The first kappa shape index (κ1) is 26.5. The predicted molar refractivity (Wildman–Crippen MR) is 106 cm³/mol. The molecule has 0 aliphatic carbocycles. The summed E-state index contributed by atoms with van der Waals surface area (Å²) in [5.74, 6) is -5.52. The largest absolute Gasteiger partial charge is 0.480 e. The van der Waals surface area contributed by atoms with Gasteiger partial charge in [0.2, 0.25) is 23.6 Å². The molecular weight excluding hydrogens is 430 g/mol. The van der Waals surface area contributed by atoms with Gasteiger partial charge in [-0.2, -0.15) is 0 Å². The summed E-state index contributed by atoms with van der Waals surface area (Å²) in [5.41, 5.74) is 11.4. The number of hydrogen-bond acceptors (Lipinski definition) is 9. The molecule has 0 spiro atoms. The summed E-state index contributed by atoms with van der Waals surface area (Å²) < 4.78 is 0. The highest BCUT2D eigenvalue weighted by Crippen LogP contribution is 2.02. The number of carbonyl (C=O) groups excluding carboxylic acids is 4. The maximum Gasteiger partial charge on any atom is 0.328 e. The molecule has 15 nitrogen and oxygen atoms in total. The molecule has 1 aromatic heterocycles. The second-order valence-corrected chi connectivity index (χ2v) is 6.93. The van der Waals surface area contributed by atoms with Crippen molar-refractivity contribution < 1.29 is 39.3 Å². The zero-order chi connectivity index (χ0) is 24.4. The maximum atomic E-state index is 12.6. The summed E-state index contributed by atoms with van der Waals surface area (Å²) >= 11 is 0. The van der Waals surface area contributed by atoms with E-state index in [9.17, 15) is 29.1 Å². The summed E-state index contributed by atoms with van der Waals surface area (Å²) in [6, 6.07) is -5.99. The molecule has 4 amide bonds. The Bertz CT molecular complexity index is 814. The van der Waals surface area contributed by atoms with Crippen LogP contribution in [0.3, 0.4) is 0 Å². The van der Waals surface area contributed by atoms with Gasteiger partial charge in [0.05, 0.1) is 31.5 Å². The Morgan fingerprint density at radius 1 is 1.09 bits per heavy atom. The third kappa shape index (κ3) is 8.29. The molecule has 0 aliphatic rings. The first-order valence-electron chi connectivity index (χ1n) is 9.40. The van der Waals surface area contributed by atoms with Gasteiger partial charge in [-0.1, -0.05) is 0 Å². The van der Waals surface area contributed by atoms with E-state index < -0.39 is 72.9 Å². The number of aromatic nitrogens is 2. The highest BCUT2D eigenvalue weighted by molar-refractivity contribution is 5.96. The Morgan fingerprint density at radius 3 is 2.19 bits per heavy atom. The number of nitrogens with one attached hydrogen (secondary N) is 4. The van der Waals surface area contributed by atoms with E-state index in [0.717, 1.165) is 0 Å². The maximum absolute atomic E-state index is 12.6.